The van der Waals surface area contributed by atoms with Crippen LogP contribution < -0.4 is 27.8 Å². The maximum atomic E-state index is 13.8. The number of aromatic nitrogens is 1. The van der Waals surface area contributed by atoms with Gasteiger partial charge in [-0.3, -0.25) is 19.4 Å². The summed E-state index contributed by atoms with van der Waals surface area (Å²) in [5.74, 6) is -2.85. The number of carbonyl (C=O) groups is 4. The number of nitrogens with zero attached hydrogens (tertiary/aromatic N) is 2. The average molecular weight is 571 g/mol. The van der Waals surface area contributed by atoms with Gasteiger partial charge in [-0.15, -0.1) is 0 Å². The Morgan fingerprint density at radius 2 is 1.85 bits per heavy atom. The summed E-state index contributed by atoms with van der Waals surface area (Å²) in [5.41, 5.74) is 18.7. The van der Waals surface area contributed by atoms with Crippen molar-refractivity contribution in [1.29, 1.82) is 0 Å². The maximum absolute atomic E-state index is 13.8. The first-order chi connectivity index (χ1) is 19.5. The van der Waals surface area contributed by atoms with Gasteiger partial charge in [0.1, 0.15) is 18.1 Å². The summed E-state index contributed by atoms with van der Waals surface area (Å²) in [6.07, 6.45) is 4.02. The number of guanidine groups is 1. The van der Waals surface area contributed by atoms with Crippen LogP contribution >= 0.6 is 0 Å². The Balaban J connectivity index is 1.86. The van der Waals surface area contributed by atoms with E-state index in [4.69, 9.17) is 17.2 Å². The third kappa shape index (κ3) is 8.19. The molecule has 3 amide bonds. The average Bonchev–Trinajstić information content (AvgIpc) is 3.60. The van der Waals surface area contributed by atoms with Gasteiger partial charge < -0.3 is 42.8 Å². The van der Waals surface area contributed by atoms with Gasteiger partial charge in [0, 0.05) is 36.6 Å². The van der Waals surface area contributed by atoms with Crippen molar-refractivity contribution >= 4 is 40.6 Å². The molecule has 1 aliphatic heterocycles. The Bertz CT molecular complexity index is 1260. The van der Waals surface area contributed by atoms with Crippen LogP contribution in [0.4, 0.5) is 0 Å². The molecule has 3 rings (SSSR count). The highest BCUT2D eigenvalue weighted by Crippen LogP contribution is 2.21. The predicted molar refractivity (Wildman–Crippen MR) is 156 cm³/mol. The van der Waals surface area contributed by atoms with Gasteiger partial charge in [-0.2, -0.15) is 0 Å². The molecule has 0 aliphatic carbocycles. The lowest BCUT2D eigenvalue weighted by Gasteiger charge is -2.29. The summed E-state index contributed by atoms with van der Waals surface area (Å²) in [7, 11) is 0. The van der Waals surface area contributed by atoms with E-state index in [9.17, 15) is 24.3 Å². The first-order valence-electron chi connectivity index (χ1n) is 14.0. The van der Waals surface area contributed by atoms with E-state index in [-0.39, 0.29) is 37.8 Å². The maximum Gasteiger partial charge on any atom is 0.326 e. The molecular weight excluding hydrogens is 528 g/mol. The Hall–Kier alpha value is -4.13. The molecule has 1 aromatic heterocycles. The Morgan fingerprint density at radius 1 is 1.15 bits per heavy atom. The molecule has 2 aromatic rings. The van der Waals surface area contributed by atoms with E-state index in [0.29, 0.717) is 25.7 Å². The van der Waals surface area contributed by atoms with Crippen molar-refractivity contribution in [2.24, 2.45) is 28.1 Å². The Labute approximate surface area is 239 Å². The molecule has 0 saturated carbocycles. The highest BCUT2D eigenvalue weighted by Gasteiger charge is 2.38. The number of likely N-dealkylation sites (tertiary alicyclic amines) is 1. The van der Waals surface area contributed by atoms with Gasteiger partial charge in [-0.1, -0.05) is 38.5 Å². The summed E-state index contributed by atoms with van der Waals surface area (Å²) >= 11 is 0. The van der Waals surface area contributed by atoms with Crippen LogP contribution in [0.5, 0.6) is 0 Å². The topological polar surface area (TPSA) is 222 Å². The number of amides is 3. The number of nitrogens with two attached hydrogens (primary N) is 3. The van der Waals surface area contributed by atoms with E-state index in [0.717, 1.165) is 16.5 Å². The van der Waals surface area contributed by atoms with Crippen LogP contribution in [0.1, 0.15) is 51.5 Å². The lowest BCUT2D eigenvalue weighted by atomic mass is 9.98. The van der Waals surface area contributed by atoms with Crippen molar-refractivity contribution in [3.05, 3.63) is 36.0 Å². The molecule has 41 heavy (non-hydrogen) atoms. The number of aliphatic imine (C=N–C) groups is 1. The minimum atomic E-state index is -1.09. The van der Waals surface area contributed by atoms with Crippen LogP contribution in [0, 0.1) is 5.92 Å². The lowest BCUT2D eigenvalue weighted by Crippen LogP contribution is -2.58. The summed E-state index contributed by atoms with van der Waals surface area (Å²) in [4.78, 5) is 60.5. The molecule has 13 nitrogen and oxygen atoms in total. The number of carbonyl (C=O) groups excluding carboxylic acids is 3. The molecule has 5 unspecified atom stereocenters. The van der Waals surface area contributed by atoms with Crippen LogP contribution in [0.15, 0.2) is 35.5 Å². The number of aromatic amines is 1. The number of hydrogen-bond donors (Lipinski definition) is 7. The zero-order valence-electron chi connectivity index (χ0n) is 23.6. The first-order valence-corrected chi connectivity index (χ1v) is 14.0. The molecule has 224 valence electrons. The summed E-state index contributed by atoms with van der Waals surface area (Å²) in [5, 5.41) is 16.1. The van der Waals surface area contributed by atoms with Gasteiger partial charge in [0.05, 0.1) is 6.04 Å². The highest BCUT2D eigenvalue weighted by atomic mass is 16.4. The second kappa shape index (κ2) is 14.5. The number of carboxylic acids is 1. The number of nitrogens with one attached hydrogen (secondary N) is 3. The number of benzene rings is 1. The fraction of sp³-hybridized carbons (Fsp3) is 0.536. The fourth-order valence-corrected chi connectivity index (χ4v) is 5.03. The molecule has 10 N–H and O–H groups in total. The number of aliphatic carboxylic acids is 1. The minimum Gasteiger partial charge on any atom is -0.480 e. The quantitative estimate of drug-likeness (QED) is 0.0940. The molecule has 5 atom stereocenters. The molecule has 1 aliphatic rings. The van der Waals surface area contributed by atoms with Gasteiger partial charge in [0.2, 0.25) is 17.7 Å². The van der Waals surface area contributed by atoms with E-state index in [1.807, 2.05) is 38.1 Å². The third-order valence-electron chi connectivity index (χ3n) is 7.67. The van der Waals surface area contributed by atoms with Crippen LogP contribution in [-0.4, -0.2) is 81.9 Å². The number of hydrogen-bond acceptors (Lipinski definition) is 6. The Kier molecular flexibility index (Phi) is 11.1. The van der Waals surface area contributed by atoms with Crippen LogP contribution in [-0.2, 0) is 25.6 Å². The Morgan fingerprint density at radius 3 is 2.54 bits per heavy atom. The van der Waals surface area contributed by atoms with Crippen molar-refractivity contribution in [3.63, 3.8) is 0 Å². The normalized spacial score (nSPS) is 17.8. The molecule has 0 spiro atoms. The summed E-state index contributed by atoms with van der Waals surface area (Å²) in [6.45, 7) is 4.29. The fourth-order valence-electron chi connectivity index (χ4n) is 5.03. The zero-order valence-corrected chi connectivity index (χ0v) is 23.6. The molecule has 1 saturated heterocycles. The minimum absolute atomic E-state index is 0.0958. The van der Waals surface area contributed by atoms with Crippen LogP contribution in [0.2, 0.25) is 0 Å². The van der Waals surface area contributed by atoms with Crippen molar-refractivity contribution in [3.8, 4) is 0 Å². The van der Waals surface area contributed by atoms with Crippen molar-refractivity contribution < 1.29 is 24.3 Å². The molecule has 2 heterocycles. The number of carboxylic acid groups (broad SMARTS) is 1. The van der Waals surface area contributed by atoms with E-state index in [2.05, 4.69) is 20.6 Å². The smallest absolute Gasteiger partial charge is 0.326 e. The largest absolute Gasteiger partial charge is 0.480 e. The standard InChI is InChI=1S/C28H42N8O5/c1-3-16(2)23(29)25(38)35-21(14-17-15-33-19-9-5-4-8-18(17)19)24(37)34-20(10-6-12-32-28(30)31)26(39)36-13-7-11-22(36)27(40)41/h4-5,8-9,15-16,20-23,33H,3,6-7,10-14,29H2,1-2H3,(H,34,37)(H,35,38)(H,40,41)(H4,30,31,32). The number of fused-ring (bicyclic) bond motifs is 1. The SMILES string of the molecule is CCC(C)C(N)C(=O)NC(Cc1c[nH]c2ccccc12)C(=O)NC(CCCN=C(N)N)C(=O)N1CCCC1C(=O)O. The first kappa shape index (κ1) is 31.4. The molecule has 1 fully saturated rings. The van der Waals surface area contributed by atoms with Gasteiger partial charge in [-0.05, 0) is 43.2 Å². The van der Waals surface area contributed by atoms with Gasteiger partial charge in [0.25, 0.3) is 0 Å². The van der Waals surface area contributed by atoms with E-state index >= 15 is 0 Å². The molecule has 13 heteroatoms. The third-order valence-corrected chi connectivity index (χ3v) is 7.67. The number of H-pyrrole nitrogens is 1. The van der Waals surface area contributed by atoms with E-state index in [1.54, 1.807) is 6.20 Å². The predicted octanol–water partition coefficient (Wildman–Crippen LogP) is 0.183. The molecule has 0 radical (unpaired) electrons. The summed E-state index contributed by atoms with van der Waals surface area (Å²) in [6, 6.07) is 3.73. The van der Waals surface area contributed by atoms with Crippen molar-refractivity contribution in [2.75, 3.05) is 13.1 Å². The second-order valence-electron chi connectivity index (χ2n) is 10.6. The number of rotatable bonds is 14. The van der Waals surface area contributed by atoms with Gasteiger partial charge in [0.15, 0.2) is 5.96 Å². The molecule has 1 aromatic carbocycles. The van der Waals surface area contributed by atoms with Crippen molar-refractivity contribution in [1.82, 2.24) is 20.5 Å². The molecular formula is C28H42N8O5. The van der Waals surface area contributed by atoms with Crippen LogP contribution in [0.3, 0.4) is 0 Å². The molecule has 0 bridgehead atoms. The zero-order chi connectivity index (χ0) is 30.1. The summed E-state index contributed by atoms with van der Waals surface area (Å²) < 4.78 is 0. The van der Waals surface area contributed by atoms with Crippen molar-refractivity contribution in [2.45, 2.75) is 76.5 Å². The lowest BCUT2D eigenvalue weighted by molar-refractivity contribution is -0.149. The second-order valence-corrected chi connectivity index (χ2v) is 10.6. The number of para-hydroxylation sites is 1. The highest BCUT2D eigenvalue weighted by molar-refractivity contribution is 5.95. The van der Waals surface area contributed by atoms with E-state index < -0.39 is 47.9 Å². The van der Waals surface area contributed by atoms with Crippen LogP contribution in [0.25, 0.3) is 10.9 Å². The van der Waals surface area contributed by atoms with Gasteiger partial charge >= 0.3 is 5.97 Å². The van der Waals surface area contributed by atoms with Gasteiger partial charge in [-0.25, -0.2) is 4.79 Å². The van der Waals surface area contributed by atoms with E-state index in [1.165, 1.54) is 4.90 Å². The monoisotopic (exact) mass is 570 g/mol.